The van der Waals surface area contributed by atoms with Gasteiger partial charge in [-0.15, -0.1) is 0 Å². The second-order valence-corrected chi connectivity index (χ2v) is 4.68. The lowest BCUT2D eigenvalue weighted by atomic mass is 10.0. The van der Waals surface area contributed by atoms with Crippen LogP contribution in [0.2, 0.25) is 0 Å². The number of nitrogens with one attached hydrogen (secondary N) is 1. The van der Waals surface area contributed by atoms with Crippen LogP contribution in [0, 0.1) is 23.0 Å². The zero-order valence-corrected chi connectivity index (χ0v) is 10.5. The van der Waals surface area contributed by atoms with Crippen molar-refractivity contribution in [1.29, 1.82) is 0 Å². The first-order chi connectivity index (χ1) is 8.99. The fourth-order valence-corrected chi connectivity index (χ4v) is 2.45. The average molecular weight is 265 g/mol. The Kier molecular flexibility index (Phi) is 3.64. The second kappa shape index (κ2) is 5.21. The van der Waals surface area contributed by atoms with Gasteiger partial charge >= 0.3 is 5.97 Å². The van der Waals surface area contributed by atoms with Gasteiger partial charge in [-0.2, -0.15) is 0 Å². The predicted molar refractivity (Wildman–Crippen MR) is 68.0 cm³/mol. The van der Waals surface area contributed by atoms with Gasteiger partial charge in [0.05, 0.1) is 10.8 Å². The summed E-state index contributed by atoms with van der Waals surface area (Å²) in [5.41, 5.74) is 0.284. The molecule has 0 aliphatic heterocycles. The smallest absolute Gasteiger partial charge is 0.308 e. The van der Waals surface area contributed by atoms with Crippen molar-refractivity contribution in [2.24, 2.45) is 5.92 Å². The molecule has 2 rings (SSSR count). The molecule has 2 unspecified atom stereocenters. The number of carbonyl (C=O) groups is 1. The molecule has 7 nitrogen and oxygen atoms in total. The number of carboxylic acid groups (broad SMARTS) is 1. The summed E-state index contributed by atoms with van der Waals surface area (Å²) in [4.78, 5) is 25.4. The third-order valence-corrected chi connectivity index (χ3v) is 3.42. The molecule has 19 heavy (non-hydrogen) atoms. The Morgan fingerprint density at radius 3 is 2.84 bits per heavy atom. The largest absolute Gasteiger partial charge is 0.481 e. The van der Waals surface area contributed by atoms with Crippen LogP contribution in [0.1, 0.15) is 25.0 Å². The summed E-state index contributed by atoms with van der Waals surface area (Å²) >= 11 is 0. The zero-order valence-electron chi connectivity index (χ0n) is 10.5. The Morgan fingerprint density at radius 2 is 2.26 bits per heavy atom. The molecule has 0 radical (unpaired) electrons. The van der Waals surface area contributed by atoms with Crippen molar-refractivity contribution in [3.63, 3.8) is 0 Å². The maximum atomic E-state index is 11.1. The van der Waals surface area contributed by atoms with Crippen LogP contribution < -0.4 is 5.32 Å². The summed E-state index contributed by atoms with van der Waals surface area (Å²) in [5.74, 6) is -0.743. The lowest BCUT2D eigenvalue weighted by Crippen LogP contribution is -2.30. The number of aryl methyl sites for hydroxylation is 1. The van der Waals surface area contributed by atoms with Crippen LogP contribution in [0.3, 0.4) is 0 Å². The highest BCUT2D eigenvalue weighted by Gasteiger charge is 2.33. The molecule has 0 aromatic carbocycles. The lowest BCUT2D eigenvalue weighted by Gasteiger charge is -2.18. The molecule has 7 heteroatoms. The molecule has 2 atom stereocenters. The number of nitrogens with zero attached hydrogens (tertiary/aromatic N) is 2. The van der Waals surface area contributed by atoms with E-state index in [2.05, 4.69) is 10.3 Å². The fourth-order valence-electron chi connectivity index (χ4n) is 2.45. The van der Waals surface area contributed by atoms with E-state index in [0.717, 1.165) is 12.8 Å². The lowest BCUT2D eigenvalue weighted by molar-refractivity contribution is -0.385. The van der Waals surface area contributed by atoms with Crippen molar-refractivity contribution in [2.45, 2.75) is 32.2 Å². The third-order valence-electron chi connectivity index (χ3n) is 3.42. The van der Waals surface area contributed by atoms with Crippen LogP contribution in [-0.2, 0) is 4.79 Å². The molecule has 1 aromatic rings. The highest BCUT2D eigenvalue weighted by molar-refractivity contribution is 5.72. The normalized spacial score (nSPS) is 22.2. The summed E-state index contributed by atoms with van der Waals surface area (Å²) in [6.45, 7) is 1.56. The molecule has 0 amide bonds. The second-order valence-electron chi connectivity index (χ2n) is 4.68. The maximum absolute atomic E-state index is 11.1. The summed E-state index contributed by atoms with van der Waals surface area (Å²) in [6, 6.07) is 2.74. The number of nitro groups is 1. The molecular weight excluding hydrogens is 250 g/mol. The summed E-state index contributed by atoms with van der Waals surface area (Å²) in [5, 5.41) is 22.8. The minimum atomic E-state index is -0.811. The van der Waals surface area contributed by atoms with E-state index in [9.17, 15) is 14.9 Å². The molecule has 1 fully saturated rings. The number of carboxylic acids is 1. The standard InChI is InChI=1S/C12H15N3O4/c1-7-10(15(18)19)5-6-11(13-7)14-9-4-2-3-8(9)12(16)17/h5-6,8-9H,2-4H2,1H3,(H,13,14)(H,16,17). The quantitative estimate of drug-likeness (QED) is 0.636. The first-order valence-corrected chi connectivity index (χ1v) is 6.10. The van der Waals surface area contributed by atoms with Gasteiger partial charge < -0.3 is 10.4 Å². The Labute approximate surface area is 109 Å². The number of aliphatic carboxylic acids is 1. The number of anilines is 1. The summed E-state index contributed by atoms with van der Waals surface area (Å²) in [7, 11) is 0. The van der Waals surface area contributed by atoms with Crippen LogP contribution in [0.5, 0.6) is 0 Å². The van der Waals surface area contributed by atoms with Gasteiger partial charge in [0.25, 0.3) is 5.69 Å². The van der Waals surface area contributed by atoms with E-state index in [4.69, 9.17) is 5.11 Å². The molecule has 1 aliphatic carbocycles. The zero-order chi connectivity index (χ0) is 14.0. The van der Waals surface area contributed by atoms with Gasteiger partial charge in [0.15, 0.2) is 0 Å². The third kappa shape index (κ3) is 2.81. The summed E-state index contributed by atoms with van der Waals surface area (Å²) in [6.07, 6.45) is 2.29. The number of hydrogen-bond donors (Lipinski definition) is 2. The molecule has 1 heterocycles. The van der Waals surface area contributed by atoms with Crippen molar-refractivity contribution >= 4 is 17.5 Å². The Morgan fingerprint density at radius 1 is 1.53 bits per heavy atom. The molecule has 1 aromatic heterocycles. The molecule has 102 valence electrons. The molecule has 0 spiro atoms. The van der Waals surface area contributed by atoms with Gasteiger partial charge in [-0.05, 0) is 25.8 Å². The Balaban J connectivity index is 2.13. The van der Waals surface area contributed by atoms with Gasteiger partial charge in [-0.25, -0.2) is 4.98 Å². The Bertz CT molecular complexity index is 518. The molecule has 2 N–H and O–H groups in total. The molecular formula is C12H15N3O4. The highest BCUT2D eigenvalue weighted by atomic mass is 16.6. The molecule has 0 saturated heterocycles. The highest BCUT2D eigenvalue weighted by Crippen LogP contribution is 2.29. The van der Waals surface area contributed by atoms with E-state index in [1.54, 1.807) is 6.92 Å². The minimum Gasteiger partial charge on any atom is -0.481 e. The first kappa shape index (κ1) is 13.3. The van der Waals surface area contributed by atoms with E-state index < -0.39 is 16.8 Å². The maximum Gasteiger partial charge on any atom is 0.308 e. The van der Waals surface area contributed by atoms with Crippen LogP contribution in [0.4, 0.5) is 11.5 Å². The van der Waals surface area contributed by atoms with Crippen molar-refractivity contribution in [3.05, 3.63) is 27.9 Å². The van der Waals surface area contributed by atoms with Crippen molar-refractivity contribution < 1.29 is 14.8 Å². The van der Waals surface area contributed by atoms with Crippen molar-refractivity contribution in [3.8, 4) is 0 Å². The van der Waals surface area contributed by atoms with Crippen LogP contribution >= 0.6 is 0 Å². The first-order valence-electron chi connectivity index (χ1n) is 6.10. The number of rotatable bonds is 4. The Hall–Kier alpha value is -2.18. The van der Waals surface area contributed by atoms with Crippen molar-refractivity contribution in [1.82, 2.24) is 4.98 Å². The monoisotopic (exact) mass is 265 g/mol. The van der Waals surface area contributed by atoms with Crippen molar-refractivity contribution in [2.75, 3.05) is 5.32 Å². The van der Waals surface area contributed by atoms with Gasteiger partial charge in [0.1, 0.15) is 11.5 Å². The van der Waals surface area contributed by atoms with Gasteiger partial charge in [0.2, 0.25) is 0 Å². The van der Waals surface area contributed by atoms with Crippen LogP contribution in [-0.4, -0.2) is 27.0 Å². The topological polar surface area (TPSA) is 105 Å². The average Bonchev–Trinajstić information content (AvgIpc) is 2.76. The van der Waals surface area contributed by atoms with Crippen LogP contribution in [0.25, 0.3) is 0 Å². The molecule has 0 bridgehead atoms. The van der Waals surface area contributed by atoms with E-state index in [1.165, 1.54) is 12.1 Å². The SMILES string of the molecule is Cc1nc(NC2CCCC2C(=O)O)ccc1[N+](=O)[O-]. The predicted octanol–water partition coefficient (Wildman–Crippen LogP) is 1.96. The van der Waals surface area contributed by atoms with E-state index in [1.807, 2.05) is 0 Å². The molecule has 1 saturated carbocycles. The van der Waals surface area contributed by atoms with Gasteiger partial charge in [-0.1, -0.05) is 6.42 Å². The fraction of sp³-hybridized carbons (Fsp3) is 0.500. The van der Waals surface area contributed by atoms with E-state index in [-0.39, 0.29) is 11.7 Å². The van der Waals surface area contributed by atoms with Gasteiger partial charge in [-0.3, -0.25) is 14.9 Å². The van der Waals surface area contributed by atoms with Crippen LogP contribution in [0.15, 0.2) is 12.1 Å². The minimum absolute atomic E-state index is 0.0354. The molecule has 1 aliphatic rings. The number of aromatic nitrogens is 1. The summed E-state index contributed by atoms with van der Waals surface area (Å²) < 4.78 is 0. The van der Waals surface area contributed by atoms with E-state index >= 15 is 0 Å². The number of hydrogen-bond acceptors (Lipinski definition) is 5. The number of pyridine rings is 1. The van der Waals surface area contributed by atoms with E-state index in [0.29, 0.717) is 17.9 Å². The van der Waals surface area contributed by atoms with Gasteiger partial charge in [0, 0.05) is 12.1 Å².